The van der Waals surface area contributed by atoms with Gasteiger partial charge in [0.25, 0.3) is 0 Å². The molecule has 0 fully saturated rings. The molecule has 2 N–H and O–H groups in total. The van der Waals surface area contributed by atoms with Crippen molar-refractivity contribution in [2.45, 2.75) is 19.0 Å². The SMILES string of the molecule is NCCc1cnc(CC(F)(F)F)nc1. The number of hydrogen-bond acceptors (Lipinski definition) is 3. The van der Waals surface area contributed by atoms with E-state index in [4.69, 9.17) is 5.73 Å². The molecule has 0 saturated heterocycles. The summed E-state index contributed by atoms with van der Waals surface area (Å²) in [6, 6.07) is 0. The summed E-state index contributed by atoms with van der Waals surface area (Å²) in [5, 5.41) is 0. The third-order valence-corrected chi connectivity index (χ3v) is 1.55. The van der Waals surface area contributed by atoms with Gasteiger partial charge in [0.05, 0.1) is 0 Å². The number of aromatic nitrogens is 2. The first-order valence-electron chi connectivity index (χ1n) is 4.08. The second-order valence-electron chi connectivity index (χ2n) is 2.84. The Morgan fingerprint density at radius 3 is 2.21 bits per heavy atom. The molecule has 0 aliphatic rings. The fraction of sp³-hybridized carbons (Fsp3) is 0.500. The maximum Gasteiger partial charge on any atom is 0.396 e. The average molecular weight is 205 g/mol. The minimum atomic E-state index is -4.25. The lowest BCUT2D eigenvalue weighted by atomic mass is 10.2. The van der Waals surface area contributed by atoms with Crippen molar-refractivity contribution in [1.82, 2.24) is 9.97 Å². The molecule has 0 spiro atoms. The molecule has 78 valence electrons. The largest absolute Gasteiger partial charge is 0.396 e. The lowest BCUT2D eigenvalue weighted by molar-refractivity contribution is -0.128. The first kappa shape index (κ1) is 10.9. The van der Waals surface area contributed by atoms with Crippen LogP contribution in [0.25, 0.3) is 0 Å². The molecule has 6 heteroatoms. The topological polar surface area (TPSA) is 51.8 Å². The Morgan fingerprint density at radius 2 is 1.79 bits per heavy atom. The minimum Gasteiger partial charge on any atom is -0.330 e. The van der Waals surface area contributed by atoms with Crippen molar-refractivity contribution < 1.29 is 13.2 Å². The Labute approximate surface area is 79.2 Å². The van der Waals surface area contributed by atoms with E-state index in [9.17, 15) is 13.2 Å². The third kappa shape index (κ3) is 3.69. The van der Waals surface area contributed by atoms with Gasteiger partial charge in [-0.25, -0.2) is 9.97 Å². The zero-order chi connectivity index (χ0) is 10.6. The summed E-state index contributed by atoms with van der Waals surface area (Å²) in [7, 11) is 0. The van der Waals surface area contributed by atoms with E-state index in [1.807, 2.05) is 0 Å². The summed E-state index contributed by atoms with van der Waals surface area (Å²) in [6.07, 6.45) is -2.01. The highest BCUT2D eigenvalue weighted by Gasteiger charge is 2.29. The van der Waals surface area contributed by atoms with Crippen LogP contribution < -0.4 is 5.73 Å². The van der Waals surface area contributed by atoms with Crippen LogP contribution >= 0.6 is 0 Å². The Morgan fingerprint density at radius 1 is 1.21 bits per heavy atom. The molecular formula is C8H10F3N3. The molecule has 0 aliphatic heterocycles. The first-order valence-corrected chi connectivity index (χ1v) is 4.08. The van der Waals surface area contributed by atoms with Gasteiger partial charge in [-0.1, -0.05) is 0 Å². The molecule has 3 nitrogen and oxygen atoms in total. The monoisotopic (exact) mass is 205 g/mol. The fourth-order valence-corrected chi connectivity index (χ4v) is 0.948. The van der Waals surface area contributed by atoms with E-state index in [1.54, 1.807) is 0 Å². The predicted molar refractivity (Wildman–Crippen MR) is 44.5 cm³/mol. The summed E-state index contributed by atoms with van der Waals surface area (Å²) in [6.45, 7) is 0.433. The number of rotatable bonds is 3. The molecule has 0 aliphatic carbocycles. The van der Waals surface area contributed by atoms with Crippen LogP contribution in [0.5, 0.6) is 0 Å². The number of nitrogens with zero attached hydrogens (tertiary/aromatic N) is 2. The molecule has 14 heavy (non-hydrogen) atoms. The molecule has 1 aromatic heterocycles. The Bertz CT molecular complexity index is 281. The van der Waals surface area contributed by atoms with E-state index in [1.165, 1.54) is 12.4 Å². The summed E-state index contributed by atoms with van der Waals surface area (Å²) in [5.41, 5.74) is 6.01. The van der Waals surface area contributed by atoms with Crippen LogP contribution in [0.15, 0.2) is 12.4 Å². The van der Waals surface area contributed by atoms with E-state index in [0.29, 0.717) is 13.0 Å². The summed E-state index contributed by atoms with van der Waals surface area (Å²) >= 11 is 0. The van der Waals surface area contributed by atoms with Gasteiger partial charge in [0.1, 0.15) is 12.2 Å². The highest BCUT2D eigenvalue weighted by Crippen LogP contribution is 2.18. The van der Waals surface area contributed by atoms with Crippen molar-refractivity contribution in [2.75, 3.05) is 6.54 Å². The maximum atomic E-state index is 11.9. The van der Waals surface area contributed by atoms with Crippen LogP contribution in [-0.2, 0) is 12.8 Å². The number of hydrogen-bond donors (Lipinski definition) is 1. The normalized spacial score (nSPS) is 11.7. The zero-order valence-electron chi connectivity index (χ0n) is 7.38. The smallest absolute Gasteiger partial charge is 0.330 e. The highest BCUT2D eigenvalue weighted by molar-refractivity contribution is 5.06. The summed E-state index contributed by atoms with van der Waals surface area (Å²) in [4.78, 5) is 7.19. The predicted octanol–water partition coefficient (Wildman–Crippen LogP) is 1.08. The van der Waals surface area contributed by atoms with Crippen molar-refractivity contribution in [3.63, 3.8) is 0 Å². The van der Waals surface area contributed by atoms with Gasteiger partial charge in [0, 0.05) is 12.4 Å². The molecular weight excluding hydrogens is 195 g/mol. The van der Waals surface area contributed by atoms with Gasteiger partial charge in [-0.2, -0.15) is 13.2 Å². The second kappa shape index (κ2) is 4.36. The van der Waals surface area contributed by atoms with Gasteiger partial charge >= 0.3 is 6.18 Å². The number of nitrogens with two attached hydrogens (primary N) is 1. The maximum absolute atomic E-state index is 11.9. The van der Waals surface area contributed by atoms with Gasteiger partial charge in [-0.15, -0.1) is 0 Å². The molecule has 0 radical (unpaired) electrons. The van der Waals surface area contributed by atoms with Gasteiger partial charge in [0.2, 0.25) is 0 Å². The highest BCUT2D eigenvalue weighted by atomic mass is 19.4. The number of halogens is 3. The van der Waals surface area contributed by atoms with Crippen molar-refractivity contribution in [1.29, 1.82) is 0 Å². The lowest BCUT2D eigenvalue weighted by Gasteiger charge is -2.04. The molecule has 0 amide bonds. The van der Waals surface area contributed by atoms with E-state index in [0.717, 1.165) is 5.56 Å². The third-order valence-electron chi connectivity index (χ3n) is 1.55. The fourth-order valence-electron chi connectivity index (χ4n) is 0.948. The van der Waals surface area contributed by atoms with Gasteiger partial charge in [-0.05, 0) is 18.5 Å². The Balaban J connectivity index is 2.64. The van der Waals surface area contributed by atoms with Crippen LogP contribution in [0.4, 0.5) is 13.2 Å². The average Bonchev–Trinajstić information content (AvgIpc) is 2.06. The van der Waals surface area contributed by atoms with Crippen molar-refractivity contribution in [2.24, 2.45) is 5.73 Å². The minimum absolute atomic E-state index is 0.210. The quantitative estimate of drug-likeness (QED) is 0.803. The van der Waals surface area contributed by atoms with Crippen LogP contribution in [0.1, 0.15) is 11.4 Å². The van der Waals surface area contributed by atoms with E-state index < -0.39 is 12.6 Å². The van der Waals surface area contributed by atoms with E-state index in [-0.39, 0.29) is 5.82 Å². The number of alkyl halides is 3. The molecule has 0 saturated carbocycles. The second-order valence-corrected chi connectivity index (χ2v) is 2.84. The Kier molecular flexibility index (Phi) is 3.40. The zero-order valence-corrected chi connectivity index (χ0v) is 7.38. The van der Waals surface area contributed by atoms with Crippen molar-refractivity contribution in [3.8, 4) is 0 Å². The first-order chi connectivity index (χ1) is 6.51. The molecule has 0 unspecified atom stereocenters. The molecule has 0 atom stereocenters. The van der Waals surface area contributed by atoms with Crippen LogP contribution in [0, 0.1) is 0 Å². The van der Waals surface area contributed by atoms with Gasteiger partial charge in [-0.3, -0.25) is 0 Å². The standard InChI is InChI=1S/C8H10F3N3/c9-8(10,11)3-7-13-4-6(1-2-12)5-14-7/h4-5H,1-3,12H2. The van der Waals surface area contributed by atoms with Gasteiger partial charge in [0.15, 0.2) is 0 Å². The molecule has 1 rings (SSSR count). The van der Waals surface area contributed by atoms with Gasteiger partial charge < -0.3 is 5.73 Å². The van der Waals surface area contributed by atoms with Crippen LogP contribution in [0.3, 0.4) is 0 Å². The van der Waals surface area contributed by atoms with Crippen LogP contribution in [0.2, 0.25) is 0 Å². The molecule has 1 heterocycles. The van der Waals surface area contributed by atoms with Crippen molar-refractivity contribution >= 4 is 0 Å². The summed E-state index contributed by atoms with van der Waals surface area (Å²) < 4.78 is 35.7. The lowest BCUT2D eigenvalue weighted by Crippen LogP contribution is -2.14. The van der Waals surface area contributed by atoms with Crippen LogP contribution in [-0.4, -0.2) is 22.7 Å². The molecule has 0 bridgehead atoms. The van der Waals surface area contributed by atoms with E-state index in [2.05, 4.69) is 9.97 Å². The molecule has 0 aromatic carbocycles. The molecule has 1 aromatic rings. The summed E-state index contributed by atoms with van der Waals surface area (Å²) in [5.74, 6) is -0.210. The van der Waals surface area contributed by atoms with E-state index >= 15 is 0 Å². The Hall–Kier alpha value is -1.17. The van der Waals surface area contributed by atoms with Crippen molar-refractivity contribution in [3.05, 3.63) is 23.8 Å².